The Kier molecular flexibility index (Phi) is 5.13. The first-order valence-electron chi connectivity index (χ1n) is 9.76. The SMILES string of the molecule is COC(=O)c1ccc([C@@H]2c3c(oc4ccccc4c3=O)C(=O)N2CC[NH+](C)C)cc1. The molecule has 2 heterocycles. The second-order valence-electron chi connectivity index (χ2n) is 7.64. The molecule has 4 rings (SSSR count). The fourth-order valence-corrected chi connectivity index (χ4v) is 3.81. The number of quaternary nitrogens is 1. The minimum absolute atomic E-state index is 0.0921. The zero-order valence-corrected chi connectivity index (χ0v) is 17.1. The number of esters is 1. The van der Waals surface area contributed by atoms with Crippen molar-refractivity contribution in [2.24, 2.45) is 0 Å². The van der Waals surface area contributed by atoms with Crippen LogP contribution in [-0.4, -0.2) is 51.1 Å². The van der Waals surface area contributed by atoms with Gasteiger partial charge in [-0.3, -0.25) is 9.59 Å². The summed E-state index contributed by atoms with van der Waals surface area (Å²) in [5, 5.41) is 0.445. The van der Waals surface area contributed by atoms with Gasteiger partial charge < -0.3 is 19.0 Å². The molecule has 30 heavy (non-hydrogen) atoms. The minimum atomic E-state index is -0.570. The largest absolute Gasteiger partial charge is 0.465 e. The van der Waals surface area contributed by atoms with Gasteiger partial charge in [-0.2, -0.15) is 0 Å². The highest BCUT2D eigenvalue weighted by atomic mass is 16.5. The average Bonchev–Trinajstić information content (AvgIpc) is 3.04. The summed E-state index contributed by atoms with van der Waals surface area (Å²) < 4.78 is 10.7. The van der Waals surface area contributed by atoms with Gasteiger partial charge in [-0.25, -0.2) is 4.79 Å². The summed E-state index contributed by atoms with van der Waals surface area (Å²) in [5.41, 5.74) is 1.68. The van der Waals surface area contributed by atoms with Gasteiger partial charge in [0.25, 0.3) is 5.91 Å². The molecule has 0 saturated heterocycles. The van der Waals surface area contributed by atoms with E-state index in [1.807, 2.05) is 14.1 Å². The fourth-order valence-electron chi connectivity index (χ4n) is 3.81. The number of hydrogen-bond donors (Lipinski definition) is 1. The van der Waals surface area contributed by atoms with Crippen molar-refractivity contribution in [3.8, 4) is 0 Å². The van der Waals surface area contributed by atoms with E-state index in [9.17, 15) is 14.4 Å². The fraction of sp³-hybridized carbons (Fsp3) is 0.261. The Labute approximate surface area is 173 Å². The van der Waals surface area contributed by atoms with Crippen LogP contribution in [0.4, 0.5) is 0 Å². The first kappa shape index (κ1) is 19.8. The Balaban J connectivity index is 1.87. The lowest BCUT2D eigenvalue weighted by Gasteiger charge is -2.25. The third-order valence-electron chi connectivity index (χ3n) is 5.37. The highest BCUT2D eigenvalue weighted by Gasteiger charge is 2.42. The van der Waals surface area contributed by atoms with Crippen LogP contribution in [-0.2, 0) is 4.74 Å². The van der Waals surface area contributed by atoms with Crippen molar-refractivity contribution < 1.29 is 23.6 Å². The Morgan fingerprint density at radius 2 is 1.80 bits per heavy atom. The van der Waals surface area contributed by atoms with E-state index in [2.05, 4.69) is 0 Å². The molecule has 1 atom stereocenters. The first-order chi connectivity index (χ1) is 14.4. The molecule has 1 aromatic heterocycles. The number of carbonyl (C=O) groups excluding carboxylic acids is 2. The molecular weight excluding hydrogens is 384 g/mol. The summed E-state index contributed by atoms with van der Waals surface area (Å²) >= 11 is 0. The Morgan fingerprint density at radius 1 is 1.10 bits per heavy atom. The molecule has 1 amide bonds. The molecule has 1 aliphatic heterocycles. The number of para-hydroxylation sites is 1. The number of benzene rings is 2. The summed E-state index contributed by atoms with van der Waals surface area (Å²) in [5.74, 6) is -0.645. The van der Waals surface area contributed by atoms with E-state index < -0.39 is 12.0 Å². The number of carbonyl (C=O) groups is 2. The summed E-state index contributed by atoms with van der Waals surface area (Å²) in [6, 6.07) is 13.2. The molecule has 7 heteroatoms. The number of nitrogens with zero attached hydrogens (tertiary/aromatic N) is 1. The standard InChI is InChI=1S/C23H22N2O5/c1-24(2)12-13-25-19(14-8-10-15(11-9-14)23(28)29-3)18-20(26)16-6-4-5-7-17(16)30-21(18)22(25)27/h4-11,19H,12-13H2,1-3H3/p+1/t19-/m1/s1. The van der Waals surface area contributed by atoms with Crippen LogP contribution in [0.3, 0.4) is 0 Å². The zero-order valence-electron chi connectivity index (χ0n) is 17.1. The van der Waals surface area contributed by atoms with Gasteiger partial charge in [-0.05, 0) is 29.8 Å². The highest BCUT2D eigenvalue weighted by Crippen LogP contribution is 2.37. The van der Waals surface area contributed by atoms with E-state index in [-0.39, 0.29) is 17.1 Å². The van der Waals surface area contributed by atoms with Crippen LogP contribution in [0.15, 0.2) is 57.7 Å². The second-order valence-corrected chi connectivity index (χ2v) is 7.64. The van der Waals surface area contributed by atoms with Crippen LogP contribution >= 0.6 is 0 Å². The van der Waals surface area contributed by atoms with Gasteiger partial charge in [0.2, 0.25) is 5.76 Å². The van der Waals surface area contributed by atoms with Crippen LogP contribution in [0, 0.1) is 0 Å². The van der Waals surface area contributed by atoms with E-state index >= 15 is 0 Å². The van der Waals surface area contributed by atoms with Gasteiger partial charge in [0.1, 0.15) is 5.58 Å². The molecule has 0 spiro atoms. The van der Waals surface area contributed by atoms with Gasteiger partial charge >= 0.3 is 5.97 Å². The lowest BCUT2D eigenvalue weighted by Crippen LogP contribution is -3.06. The molecule has 2 aromatic carbocycles. The maximum absolute atomic E-state index is 13.3. The van der Waals surface area contributed by atoms with Crippen molar-refractivity contribution in [2.45, 2.75) is 6.04 Å². The normalized spacial score (nSPS) is 15.7. The van der Waals surface area contributed by atoms with Crippen molar-refractivity contribution in [3.63, 3.8) is 0 Å². The lowest BCUT2D eigenvalue weighted by molar-refractivity contribution is -0.857. The molecule has 1 N–H and O–H groups in total. The summed E-state index contributed by atoms with van der Waals surface area (Å²) in [6.45, 7) is 1.18. The molecule has 3 aromatic rings. The number of ether oxygens (including phenoxy) is 1. The quantitative estimate of drug-likeness (QED) is 0.645. The summed E-state index contributed by atoms with van der Waals surface area (Å²) in [6.07, 6.45) is 0. The molecule has 1 aliphatic rings. The first-order valence-corrected chi connectivity index (χ1v) is 9.76. The topological polar surface area (TPSA) is 81.3 Å². The van der Waals surface area contributed by atoms with Gasteiger partial charge in [-0.15, -0.1) is 0 Å². The maximum atomic E-state index is 13.3. The van der Waals surface area contributed by atoms with Crippen molar-refractivity contribution in [3.05, 3.63) is 81.2 Å². The van der Waals surface area contributed by atoms with Crippen molar-refractivity contribution in [1.82, 2.24) is 4.90 Å². The number of methoxy groups -OCH3 is 1. The number of nitrogens with one attached hydrogen (secondary N) is 1. The van der Waals surface area contributed by atoms with E-state index in [0.29, 0.717) is 35.2 Å². The summed E-state index contributed by atoms with van der Waals surface area (Å²) in [7, 11) is 5.33. The van der Waals surface area contributed by atoms with Crippen LogP contribution in [0.2, 0.25) is 0 Å². The van der Waals surface area contributed by atoms with Gasteiger partial charge in [-0.1, -0.05) is 24.3 Å². The molecule has 0 bridgehead atoms. The van der Waals surface area contributed by atoms with Crippen LogP contribution in [0.1, 0.15) is 38.1 Å². The Bertz CT molecular complexity index is 1180. The average molecular weight is 407 g/mol. The van der Waals surface area contributed by atoms with E-state index in [1.165, 1.54) is 12.0 Å². The molecule has 0 radical (unpaired) electrons. The molecular formula is C23H23N2O5+. The minimum Gasteiger partial charge on any atom is -0.465 e. The number of rotatable bonds is 5. The summed E-state index contributed by atoms with van der Waals surface area (Å²) in [4.78, 5) is 41.2. The monoisotopic (exact) mass is 407 g/mol. The van der Waals surface area contributed by atoms with Crippen LogP contribution in [0.5, 0.6) is 0 Å². The third kappa shape index (κ3) is 3.27. The van der Waals surface area contributed by atoms with E-state index in [0.717, 1.165) is 5.56 Å². The lowest BCUT2D eigenvalue weighted by atomic mass is 9.97. The van der Waals surface area contributed by atoms with E-state index in [4.69, 9.17) is 9.15 Å². The van der Waals surface area contributed by atoms with Gasteiger partial charge in [0, 0.05) is 0 Å². The molecule has 7 nitrogen and oxygen atoms in total. The predicted molar refractivity (Wildman–Crippen MR) is 111 cm³/mol. The molecule has 154 valence electrons. The number of amides is 1. The maximum Gasteiger partial charge on any atom is 0.337 e. The second kappa shape index (κ2) is 7.76. The number of likely N-dealkylation sites (N-methyl/N-ethyl adjacent to an activating group) is 1. The van der Waals surface area contributed by atoms with Crippen LogP contribution in [0.25, 0.3) is 11.0 Å². The highest BCUT2D eigenvalue weighted by molar-refractivity contribution is 5.99. The molecule has 0 unspecified atom stereocenters. The van der Waals surface area contributed by atoms with Gasteiger partial charge in [0.15, 0.2) is 5.43 Å². The molecule has 0 saturated carbocycles. The van der Waals surface area contributed by atoms with Crippen molar-refractivity contribution >= 4 is 22.8 Å². The predicted octanol–water partition coefficient (Wildman–Crippen LogP) is 1.27. The number of fused-ring (bicyclic) bond motifs is 2. The van der Waals surface area contributed by atoms with Crippen LogP contribution < -0.4 is 10.3 Å². The molecule has 0 aliphatic carbocycles. The Morgan fingerprint density at radius 3 is 2.47 bits per heavy atom. The smallest absolute Gasteiger partial charge is 0.337 e. The Hall–Kier alpha value is -3.45. The van der Waals surface area contributed by atoms with E-state index in [1.54, 1.807) is 53.4 Å². The molecule has 0 fully saturated rings. The number of hydrogen-bond acceptors (Lipinski definition) is 5. The van der Waals surface area contributed by atoms with Gasteiger partial charge in [0.05, 0.1) is 56.8 Å². The van der Waals surface area contributed by atoms with Crippen molar-refractivity contribution in [1.29, 1.82) is 0 Å². The third-order valence-corrected chi connectivity index (χ3v) is 5.37. The zero-order chi connectivity index (χ0) is 21.4. The van der Waals surface area contributed by atoms with Crippen molar-refractivity contribution in [2.75, 3.05) is 34.3 Å².